The Hall–Kier alpha value is -2.25. The number of piperidine rings is 2. The number of nitrogens with zero attached hydrogens (tertiary/aromatic N) is 2. The fourth-order valence-corrected chi connectivity index (χ4v) is 5.65. The van der Waals surface area contributed by atoms with Crippen LogP contribution in [0.25, 0.3) is 0 Å². The van der Waals surface area contributed by atoms with E-state index in [1.54, 1.807) is 12.1 Å². The first-order valence-electron chi connectivity index (χ1n) is 12.9. The maximum Gasteiger partial charge on any atom is 0.270 e. The molecule has 0 aliphatic carbocycles. The summed E-state index contributed by atoms with van der Waals surface area (Å²) < 4.78 is 29.9. The lowest BCUT2D eigenvalue weighted by molar-refractivity contribution is 0.0175. The van der Waals surface area contributed by atoms with Gasteiger partial charge in [-0.15, -0.1) is 0 Å². The fraction of sp³-hybridized carbons (Fsp3) is 0.607. The topological polar surface area (TPSA) is 49.3 Å². The van der Waals surface area contributed by atoms with Gasteiger partial charge in [0.05, 0.1) is 5.56 Å². The molecule has 0 saturated carbocycles. The molecule has 1 amide bonds. The zero-order chi connectivity index (χ0) is 25.4. The van der Waals surface area contributed by atoms with Gasteiger partial charge in [-0.3, -0.25) is 4.79 Å². The number of likely N-dealkylation sites (tertiary alicyclic amines) is 1. The Labute approximate surface area is 208 Å². The van der Waals surface area contributed by atoms with Crippen molar-refractivity contribution in [2.24, 2.45) is 0 Å². The van der Waals surface area contributed by atoms with E-state index in [2.05, 4.69) is 40.9 Å². The molecule has 2 saturated heterocycles. The standard InChI is InChI=1S/C28H40F2N4O/c1-19-24(26(35)32-21-8-6-7-20(17-21)28(5,29)30)18-25(27(2,3)4)34(19)23-11-15-33(16-12-23)22-9-13-31-14-10-22/h6-8,17-18,22-23,31H,9-16H2,1-5H3,(H,32,35). The van der Waals surface area contributed by atoms with Crippen LogP contribution in [0.5, 0.6) is 0 Å². The predicted molar refractivity (Wildman–Crippen MR) is 138 cm³/mol. The second kappa shape index (κ2) is 10.0. The van der Waals surface area contributed by atoms with Crippen LogP contribution in [0.2, 0.25) is 0 Å². The van der Waals surface area contributed by atoms with Crippen molar-refractivity contribution >= 4 is 11.6 Å². The Bertz CT molecular complexity index is 1040. The lowest BCUT2D eigenvalue weighted by Crippen LogP contribution is -2.47. The molecular formula is C28H40F2N4O. The van der Waals surface area contributed by atoms with Gasteiger partial charge in [0.2, 0.25) is 0 Å². The number of nitrogens with one attached hydrogen (secondary N) is 2. The number of anilines is 1. The molecule has 7 heteroatoms. The van der Waals surface area contributed by atoms with Crippen molar-refractivity contribution in [3.8, 4) is 0 Å². The van der Waals surface area contributed by atoms with Crippen LogP contribution in [0.4, 0.5) is 14.5 Å². The Morgan fingerprint density at radius 1 is 1.00 bits per heavy atom. The second-order valence-electron chi connectivity index (χ2n) is 11.3. The lowest BCUT2D eigenvalue weighted by atomic mass is 9.90. The van der Waals surface area contributed by atoms with Crippen molar-refractivity contribution in [3.63, 3.8) is 0 Å². The number of aromatic nitrogens is 1. The smallest absolute Gasteiger partial charge is 0.270 e. The minimum atomic E-state index is -2.96. The van der Waals surface area contributed by atoms with Crippen LogP contribution in [0.15, 0.2) is 30.3 Å². The minimum absolute atomic E-state index is 0.111. The first-order chi connectivity index (χ1) is 16.4. The lowest BCUT2D eigenvalue weighted by Gasteiger charge is -2.41. The molecule has 1 aromatic carbocycles. The summed E-state index contributed by atoms with van der Waals surface area (Å²) in [5.74, 6) is -3.21. The van der Waals surface area contributed by atoms with Crippen LogP contribution >= 0.6 is 0 Å². The summed E-state index contributed by atoms with van der Waals surface area (Å²) in [4.78, 5) is 16.0. The van der Waals surface area contributed by atoms with E-state index in [0.717, 1.165) is 57.3 Å². The maximum atomic E-state index is 13.8. The number of rotatable bonds is 5. The van der Waals surface area contributed by atoms with E-state index in [9.17, 15) is 13.6 Å². The second-order valence-corrected chi connectivity index (χ2v) is 11.3. The zero-order valence-electron chi connectivity index (χ0n) is 21.8. The number of benzene rings is 1. The predicted octanol–water partition coefficient (Wildman–Crippen LogP) is 5.85. The molecule has 3 heterocycles. The van der Waals surface area contributed by atoms with E-state index < -0.39 is 5.92 Å². The van der Waals surface area contributed by atoms with E-state index in [1.807, 2.05) is 13.0 Å². The van der Waals surface area contributed by atoms with Crippen molar-refractivity contribution in [1.82, 2.24) is 14.8 Å². The molecule has 0 spiro atoms. The summed E-state index contributed by atoms with van der Waals surface area (Å²) in [6, 6.07) is 8.97. The van der Waals surface area contributed by atoms with Crippen LogP contribution in [0, 0.1) is 6.92 Å². The molecule has 0 atom stereocenters. The molecular weight excluding hydrogens is 446 g/mol. The van der Waals surface area contributed by atoms with Crippen LogP contribution < -0.4 is 10.6 Å². The van der Waals surface area contributed by atoms with Crippen LogP contribution in [-0.2, 0) is 11.3 Å². The van der Waals surface area contributed by atoms with E-state index in [0.29, 0.717) is 23.3 Å². The number of hydrogen-bond donors (Lipinski definition) is 2. The van der Waals surface area contributed by atoms with Gasteiger partial charge in [0.15, 0.2) is 0 Å². The van der Waals surface area contributed by atoms with Gasteiger partial charge in [0.1, 0.15) is 0 Å². The molecule has 0 unspecified atom stereocenters. The molecule has 2 aliphatic heterocycles. The monoisotopic (exact) mass is 486 g/mol. The van der Waals surface area contributed by atoms with Crippen LogP contribution in [0.3, 0.4) is 0 Å². The highest BCUT2D eigenvalue weighted by atomic mass is 19.3. The Balaban J connectivity index is 1.55. The molecule has 0 radical (unpaired) electrons. The van der Waals surface area contributed by atoms with Crippen molar-refractivity contribution in [1.29, 1.82) is 0 Å². The summed E-state index contributed by atoms with van der Waals surface area (Å²) in [5, 5.41) is 6.31. The van der Waals surface area contributed by atoms with Crippen molar-refractivity contribution < 1.29 is 13.6 Å². The molecule has 35 heavy (non-hydrogen) atoms. The van der Waals surface area contributed by atoms with Gasteiger partial charge in [0.25, 0.3) is 11.8 Å². The van der Waals surface area contributed by atoms with E-state index in [-0.39, 0.29) is 16.9 Å². The van der Waals surface area contributed by atoms with Gasteiger partial charge < -0.3 is 20.1 Å². The molecule has 5 nitrogen and oxygen atoms in total. The molecule has 192 valence electrons. The average Bonchev–Trinajstić information content (AvgIpc) is 3.17. The molecule has 2 aliphatic rings. The number of halogens is 2. The Morgan fingerprint density at radius 3 is 2.26 bits per heavy atom. The van der Waals surface area contributed by atoms with Gasteiger partial charge in [0, 0.05) is 60.2 Å². The first-order valence-corrected chi connectivity index (χ1v) is 12.9. The van der Waals surface area contributed by atoms with E-state index >= 15 is 0 Å². The third-order valence-electron chi connectivity index (χ3n) is 7.62. The van der Waals surface area contributed by atoms with Crippen LogP contribution in [-0.4, -0.2) is 47.6 Å². The summed E-state index contributed by atoms with van der Waals surface area (Å²) in [5.41, 5.74) is 2.86. The molecule has 0 bridgehead atoms. The quantitative estimate of drug-likeness (QED) is 0.558. The number of hydrogen-bond acceptors (Lipinski definition) is 3. The summed E-state index contributed by atoms with van der Waals surface area (Å²) in [6.45, 7) is 13.8. The van der Waals surface area contributed by atoms with Gasteiger partial charge in [-0.2, -0.15) is 0 Å². The van der Waals surface area contributed by atoms with Gasteiger partial charge in [-0.05, 0) is 63.9 Å². The third kappa shape index (κ3) is 5.78. The molecule has 2 aromatic rings. The number of carbonyl (C=O) groups is 1. The summed E-state index contributed by atoms with van der Waals surface area (Å²) >= 11 is 0. The molecule has 2 fully saturated rings. The van der Waals surface area contributed by atoms with Crippen molar-refractivity contribution in [2.75, 3.05) is 31.5 Å². The minimum Gasteiger partial charge on any atom is -0.344 e. The summed E-state index contributed by atoms with van der Waals surface area (Å²) in [6.07, 6.45) is 4.57. The number of alkyl halides is 2. The van der Waals surface area contributed by atoms with Crippen molar-refractivity contribution in [2.45, 2.75) is 83.7 Å². The fourth-order valence-electron chi connectivity index (χ4n) is 5.65. The molecule has 4 rings (SSSR count). The Kier molecular flexibility index (Phi) is 7.39. The molecule has 1 aromatic heterocycles. The first kappa shape index (κ1) is 25.8. The molecule has 2 N–H and O–H groups in total. The number of amides is 1. The highest BCUT2D eigenvalue weighted by molar-refractivity contribution is 6.05. The summed E-state index contributed by atoms with van der Waals surface area (Å²) in [7, 11) is 0. The van der Waals surface area contributed by atoms with Crippen molar-refractivity contribution in [3.05, 3.63) is 52.8 Å². The van der Waals surface area contributed by atoms with E-state index in [1.165, 1.54) is 25.0 Å². The largest absolute Gasteiger partial charge is 0.344 e. The number of carbonyl (C=O) groups excluding carboxylic acids is 1. The highest BCUT2D eigenvalue weighted by Crippen LogP contribution is 2.36. The maximum absolute atomic E-state index is 13.8. The zero-order valence-corrected chi connectivity index (χ0v) is 21.8. The van der Waals surface area contributed by atoms with Gasteiger partial charge >= 0.3 is 0 Å². The van der Waals surface area contributed by atoms with Crippen LogP contribution in [0.1, 0.15) is 86.7 Å². The highest BCUT2D eigenvalue weighted by Gasteiger charge is 2.32. The average molecular weight is 487 g/mol. The Morgan fingerprint density at radius 2 is 1.66 bits per heavy atom. The SMILES string of the molecule is Cc1c(C(=O)Nc2cccc(C(C)(F)F)c2)cc(C(C)(C)C)n1C1CCN(C2CCNCC2)CC1. The van der Waals surface area contributed by atoms with Gasteiger partial charge in [-0.25, -0.2) is 8.78 Å². The van der Waals surface area contributed by atoms with Gasteiger partial charge in [-0.1, -0.05) is 32.9 Å². The third-order valence-corrected chi connectivity index (χ3v) is 7.62. The normalized spacial score (nSPS) is 19.2. The van der Waals surface area contributed by atoms with E-state index in [4.69, 9.17) is 0 Å².